The van der Waals surface area contributed by atoms with Crippen molar-refractivity contribution in [2.24, 2.45) is 0 Å². The molecule has 2 unspecified atom stereocenters. The second-order valence-corrected chi connectivity index (χ2v) is 6.95. The van der Waals surface area contributed by atoms with Crippen molar-refractivity contribution in [2.75, 3.05) is 7.05 Å². The van der Waals surface area contributed by atoms with Crippen LogP contribution in [0.4, 0.5) is 0 Å². The van der Waals surface area contributed by atoms with Gasteiger partial charge in [0.05, 0.1) is 5.92 Å². The van der Waals surface area contributed by atoms with Gasteiger partial charge in [0.2, 0.25) is 0 Å². The molecule has 116 valence electrons. The summed E-state index contributed by atoms with van der Waals surface area (Å²) in [4.78, 5) is 0. The Bertz CT molecular complexity index is 1030. The molecule has 0 spiro atoms. The number of hydrogen-bond acceptors (Lipinski definition) is 0. The fourth-order valence-corrected chi connectivity index (χ4v) is 4.58. The highest BCUT2D eigenvalue weighted by Crippen LogP contribution is 2.50. The monoisotopic (exact) mass is 310 g/mol. The van der Waals surface area contributed by atoms with Gasteiger partial charge in [0.25, 0.3) is 0 Å². The van der Waals surface area contributed by atoms with Crippen molar-refractivity contribution in [2.45, 2.75) is 18.8 Å². The van der Waals surface area contributed by atoms with Crippen LogP contribution in [0.25, 0.3) is 10.8 Å². The van der Waals surface area contributed by atoms with Crippen LogP contribution in [0.1, 0.15) is 34.1 Å². The maximum atomic E-state index is 2.38. The Hall–Kier alpha value is -2.67. The molecular formula is C23H20N+. The summed E-state index contributed by atoms with van der Waals surface area (Å²) < 4.78 is 2.31. The molecule has 1 heterocycles. The highest BCUT2D eigenvalue weighted by molar-refractivity contribution is 6.09. The first-order valence-corrected chi connectivity index (χ1v) is 8.61. The summed E-state index contributed by atoms with van der Waals surface area (Å²) in [6.45, 7) is 2.21. The summed E-state index contributed by atoms with van der Waals surface area (Å²) in [5.41, 5.74) is 7.08. The number of benzene rings is 3. The third-order valence-electron chi connectivity index (χ3n) is 5.64. The molecule has 2 atom stereocenters. The van der Waals surface area contributed by atoms with E-state index in [1.807, 2.05) is 0 Å². The van der Waals surface area contributed by atoms with Crippen LogP contribution in [-0.4, -0.2) is 17.3 Å². The minimum absolute atomic E-state index is 0.405. The van der Waals surface area contributed by atoms with Crippen molar-refractivity contribution in [3.8, 4) is 0 Å². The van der Waals surface area contributed by atoms with Gasteiger partial charge < -0.3 is 0 Å². The molecule has 0 saturated carbocycles. The van der Waals surface area contributed by atoms with Gasteiger partial charge in [0, 0.05) is 11.5 Å². The maximum Gasteiger partial charge on any atom is 0.197 e. The second kappa shape index (κ2) is 4.91. The van der Waals surface area contributed by atoms with Gasteiger partial charge >= 0.3 is 0 Å². The maximum absolute atomic E-state index is 2.38. The van der Waals surface area contributed by atoms with E-state index in [0.29, 0.717) is 11.8 Å². The van der Waals surface area contributed by atoms with E-state index in [0.717, 1.165) is 0 Å². The largest absolute Gasteiger partial charge is 0.204 e. The first-order chi connectivity index (χ1) is 11.8. The van der Waals surface area contributed by atoms with Gasteiger partial charge in [0.15, 0.2) is 11.9 Å². The van der Waals surface area contributed by atoms with E-state index >= 15 is 0 Å². The predicted octanol–water partition coefficient (Wildman–Crippen LogP) is 4.99. The molecule has 24 heavy (non-hydrogen) atoms. The Balaban J connectivity index is 1.82. The fraction of sp³-hybridized carbons (Fsp3) is 0.174. The molecule has 0 amide bonds. The van der Waals surface area contributed by atoms with Gasteiger partial charge in [-0.2, -0.15) is 0 Å². The normalized spacial score (nSPS) is 21.4. The third kappa shape index (κ3) is 1.73. The minimum Gasteiger partial charge on any atom is -0.204 e. The average Bonchev–Trinajstić information content (AvgIpc) is 2.93. The van der Waals surface area contributed by atoms with E-state index < -0.39 is 0 Å². The highest BCUT2D eigenvalue weighted by Gasteiger charge is 2.42. The molecule has 0 saturated heterocycles. The van der Waals surface area contributed by atoms with Crippen molar-refractivity contribution >= 4 is 16.5 Å². The van der Waals surface area contributed by atoms with E-state index in [9.17, 15) is 0 Å². The summed E-state index contributed by atoms with van der Waals surface area (Å²) in [5.74, 6) is 0.846. The molecule has 3 aromatic rings. The van der Waals surface area contributed by atoms with Crippen LogP contribution in [0.2, 0.25) is 0 Å². The van der Waals surface area contributed by atoms with E-state index in [4.69, 9.17) is 0 Å². The molecular weight excluding hydrogens is 290 g/mol. The molecule has 0 bridgehead atoms. The summed E-state index contributed by atoms with van der Waals surface area (Å²) in [5, 5.41) is 2.82. The van der Waals surface area contributed by atoms with Crippen molar-refractivity contribution in [3.63, 3.8) is 0 Å². The Morgan fingerprint density at radius 3 is 2.38 bits per heavy atom. The van der Waals surface area contributed by atoms with Crippen LogP contribution < -0.4 is 0 Å². The van der Waals surface area contributed by atoms with Crippen LogP contribution in [-0.2, 0) is 0 Å². The Morgan fingerprint density at radius 1 is 0.833 bits per heavy atom. The van der Waals surface area contributed by atoms with Gasteiger partial charge in [-0.05, 0) is 46.5 Å². The molecule has 0 fully saturated rings. The van der Waals surface area contributed by atoms with Crippen molar-refractivity contribution in [1.29, 1.82) is 0 Å². The first kappa shape index (κ1) is 13.7. The number of hydrogen-bond donors (Lipinski definition) is 0. The highest BCUT2D eigenvalue weighted by atomic mass is 15.0. The van der Waals surface area contributed by atoms with E-state index in [1.54, 1.807) is 0 Å². The van der Waals surface area contributed by atoms with Crippen molar-refractivity contribution < 1.29 is 4.58 Å². The van der Waals surface area contributed by atoms with Gasteiger partial charge in [0.1, 0.15) is 7.05 Å². The molecule has 1 nitrogen and oxygen atoms in total. The zero-order valence-electron chi connectivity index (χ0n) is 14.0. The smallest absolute Gasteiger partial charge is 0.197 e. The Kier molecular flexibility index (Phi) is 2.81. The predicted molar refractivity (Wildman–Crippen MR) is 100 cm³/mol. The van der Waals surface area contributed by atoms with Gasteiger partial charge in [-0.15, -0.1) is 0 Å². The number of aryl methyl sites for hydroxylation is 1. The third-order valence-corrected chi connectivity index (χ3v) is 5.64. The van der Waals surface area contributed by atoms with Crippen LogP contribution in [0.3, 0.4) is 0 Å². The van der Waals surface area contributed by atoms with E-state index in [2.05, 4.69) is 91.5 Å². The molecule has 1 heteroatoms. The van der Waals surface area contributed by atoms with Crippen LogP contribution >= 0.6 is 0 Å². The number of rotatable bonds is 1. The lowest BCUT2D eigenvalue weighted by molar-refractivity contribution is -0.425. The zero-order valence-corrected chi connectivity index (χ0v) is 14.0. The number of nitrogens with zero attached hydrogens (tertiary/aromatic N) is 1. The SMILES string of the molecule is Cc1ccccc1C1=[N+](C)C=CC2c3cccc4cccc(c34)C12. The molecule has 0 N–H and O–H groups in total. The Labute approximate surface area is 142 Å². The van der Waals surface area contributed by atoms with Crippen LogP contribution in [0.5, 0.6) is 0 Å². The summed E-state index contributed by atoms with van der Waals surface area (Å²) in [6.07, 6.45) is 4.62. The Morgan fingerprint density at radius 2 is 1.58 bits per heavy atom. The van der Waals surface area contributed by atoms with Crippen molar-refractivity contribution in [1.82, 2.24) is 0 Å². The summed E-state index contributed by atoms with van der Waals surface area (Å²) >= 11 is 0. The zero-order chi connectivity index (χ0) is 16.3. The fourth-order valence-electron chi connectivity index (χ4n) is 4.58. The standard InChI is InChI=1S/C23H20N/c1-15-7-3-4-10-17(15)23-22-19(13-14-24(23)2)18-11-5-8-16-9-6-12-20(22)21(16)18/h3-14,19,22H,1-2H3/q+1. The topological polar surface area (TPSA) is 3.01 Å². The van der Waals surface area contributed by atoms with Gasteiger partial charge in [-0.3, -0.25) is 0 Å². The molecule has 5 rings (SSSR count). The lowest BCUT2D eigenvalue weighted by Gasteiger charge is -2.23. The first-order valence-electron chi connectivity index (χ1n) is 8.61. The summed E-state index contributed by atoms with van der Waals surface area (Å²) in [7, 11) is 2.18. The molecule has 0 aromatic heterocycles. The van der Waals surface area contributed by atoms with Crippen molar-refractivity contribution in [3.05, 3.63) is 95.2 Å². The lowest BCUT2D eigenvalue weighted by atomic mass is 9.80. The van der Waals surface area contributed by atoms with E-state index in [-0.39, 0.29) is 0 Å². The summed E-state index contributed by atoms with van der Waals surface area (Å²) in [6, 6.07) is 22.3. The lowest BCUT2D eigenvalue weighted by Crippen LogP contribution is -2.28. The number of allylic oxidation sites excluding steroid dienone is 1. The number of fused-ring (bicyclic) bond motifs is 3. The van der Waals surface area contributed by atoms with Crippen LogP contribution in [0, 0.1) is 6.92 Å². The second-order valence-electron chi connectivity index (χ2n) is 6.95. The molecule has 0 radical (unpaired) electrons. The van der Waals surface area contributed by atoms with Crippen LogP contribution in [0.15, 0.2) is 72.9 Å². The average molecular weight is 310 g/mol. The molecule has 2 aliphatic rings. The van der Waals surface area contributed by atoms with Gasteiger partial charge in [-0.1, -0.05) is 54.6 Å². The molecule has 3 aromatic carbocycles. The van der Waals surface area contributed by atoms with Gasteiger partial charge in [-0.25, -0.2) is 4.58 Å². The molecule has 1 aliphatic carbocycles. The minimum atomic E-state index is 0.405. The molecule has 1 aliphatic heterocycles. The quantitative estimate of drug-likeness (QED) is 0.557. The van der Waals surface area contributed by atoms with E-state index in [1.165, 1.54) is 38.7 Å².